The summed E-state index contributed by atoms with van der Waals surface area (Å²) in [7, 11) is 0. The van der Waals surface area contributed by atoms with Gasteiger partial charge in [-0.15, -0.1) is 0 Å². The van der Waals surface area contributed by atoms with Gasteiger partial charge in [-0.25, -0.2) is 0 Å². The minimum absolute atomic E-state index is 0.0979. The van der Waals surface area contributed by atoms with Crippen molar-refractivity contribution in [3.05, 3.63) is 63.8 Å². The van der Waals surface area contributed by atoms with Gasteiger partial charge in [-0.3, -0.25) is 14.7 Å². The molecular weight excluding hydrogens is 306 g/mol. The number of carbonyl (C=O) groups excluding carboxylic acids is 1. The number of nitrogens with zero attached hydrogens (tertiary/aromatic N) is 2. The number of rotatable bonds is 2. The van der Waals surface area contributed by atoms with E-state index >= 15 is 0 Å². The van der Waals surface area contributed by atoms with E-state index in [0.29, 0.717) is 24.1 Å². The van der Waals surface area contributed by atoms with Crippen LogP contribution in [0, 0.1) is 6.92 Å². The lowest BCUT2D eigenvalue weighted by Gasteiger charge is -2.16. The Hall–Kier alpha value is -2.89. The third-order valence-electron chi connectivity index (χ3n) is 4.60. The highest BCUT2D eigenvalue weighted by Gasteiger charge is 2.31. The van der Waals surface area contributed by atoms with Gasteiger partial charge in [-0.2, -0.15) is 5.10 Å². The average molecular weight is 323 g/mol. The summed E-state index contributed by atoms with van der Waals surface area (Å²) in [6, 6.07) is 8.25. The molecule has 3 heterocycles. The van der Waals surface area contributed by atoms with E-state index in [0.717, 1.165) is 17.7 Å². The predicted octanol–water partition coefficient (Wildman–Crippen LogP) is 2.45. The molecule has 6 heteroatoms. The van der Waals surface area contributed by atoms with Gasteiger partial charge in [-0.1, -0.05) is 12.1 Å². The number of hydrogen-bond acceptors (Lipinski definition) is 4. The molecule has 6 nitrogen and oxygen atoms in total. The van der Waals surface area contributed by atoms with Crippen molar-refractivity contribution in [2.75, 3.05) is 13.1 Å². The molecule has 1 atom stereocenters. The lowest BCUT2D eigenvalue weighted by atomic mass is 10.0. The van der Waals surface area contributed by atoms with Gasteiger partial charge in [0, 0.05) is 30.8 Å². The molecule has 24 heavy (non-hydrogen) atoms. The highest BCUT2D eigenvalue weighted by atomic mass is 16.3. The number of benzene rings is 1. The number of fused-ring (bicyclic) bond motifs is 1. The molecule has 1 aliphatic rings. The van der Waals surface area contributed by atoms with E-state index in [2.05, 4.69) is 10.2 Å². The minimum atomic E-state index is -0.238. The average Bonchev–Trinajstić information content (AvgIpc) is 3.22. The maximum atomic E-state index is 12.7. The van der Waals surface area contributed by atoms with Crippen molar-refractivity contribution in [2.45, 2.75) is 19.3 Å². The van der Waals surface area contributed by atoms with Crippen molar-refractivity contribution in [3.63, 3.8) is 0 Å². The van der Waals surface area contributed by atoms with Gasteiger partial charge in [0.05, 0.1) is 11.6 Å². The second kappa shape index (κ2) is 5.63. The molecule has 1 N–H and O–H groups in total. The summed E-state index contributed by atoms with van der Waals surface area (Å²) < 4.78 is 5.66. The van der Waals surface area contributed by atoms with Crippen LogP contribution < -0.4 is 5.43 Å². The number of amides is 1. The Morgan fingerprint density at radius 1 is 1.38 bits per heavy atom. The zero-order valence-electron chi connectivity index (χ0n) is 13.3. The molecule has 1 fully saturated rings. The first-order valence-electron chi connectivity index (χ1n) is 7.95. The number of hydrogen-bond donors (Lipinski definition) is 1. The standard InChI is InChI=1S/C18H17N3O3/c1-11-9-19-20-17(11)12-6-7-21(10-12)18(23)16-8-14(22)13-4-2-3-5-15(13)24-16/h2-5,8-9,12H,6-7,10H2,1H3,(H,19,20)/t12-/m1/s1. The van der Waals surface area contributed by atoms with Gasteiger partial charge in [0.15, 0.2) is 11.2 Å². The lowest BCUT2D eigenvalue weighted by molar-refractivity contribution is 0.0759. The number of aromatic nitrogens is 2. The molecule has 1 aliphatic heterocycles. The molecule has 0 radical (unpaired) electrons. The molecular formula is C18H17N3O3. The number of para-hydroxylation sites is 1. The van der Waals surface area contributed by atoms with Crippen LogP contribution in [0.15, 0.2) is 45.7 Å². The number of H-pyrrole nitrogens is 1. The summed E-state index contributed by atoms with van der Waals surface area (Å²) in [5, 5.41) is 7.56. The summed E-state index contributed by atoms with van der Waals surface area (Å²) in [6.07, 6.45) is 2.66. The van der Waals surface area contributed by atoms with Crippen LogP contribution in [0.25, 0.3) is 11.0 Å². The summed E-state index contributed by atoms with van der Waals surface area (Å²) >= 11 is 0. The summed E-state index contributed by atoms with van der Waals surface area (Å²) in [4.78, 5) is 26.6. The van der Waals surface area contributed by atoms with Crippen LogP contribution in [0.3, 0.4) is 0 Å². The van der Waals surface area contributed by atoms with Crippen molar-refractivity contribution < 1.29 is 9.21 Å². The van der Waals surface area contributed by atoms with E-state index in [-0.39, 0.29) is 23.0 Å². The first-order valence-corrected chi connectivity index (χ1v) is 7.95. The van der Waals surface area contributed by atoms with E-state index in [1.807, 2.05) is 6.92 Å². The van der Waals surface area contributed by atoms with Crippen molar-refractivity contribution in [1.29, 1.82) is 0 Å². The molecule has 0 bridgehead atoms. The molecule has 0 saturated carbocycles. The molecule has 1 saturated heterocycles. The maximum Gasteiger partial charge on any atom is 0.289 e. The second-order valence-corrected chi connectivity index (χ2v) is 6.17. The fraction of sp³-hybridized carbons (Fsp3) is 0.278. The molecule has 1 aromatic carbocycles. The Balaban J connectivity index is 1.61. The van der Waals surface area contributed by atoms with Gasteiger partial charge in [0.25, 0.3) is 5.91 Å². The van der Waals surface area contributed by atoms with Crippen LogP contribution in [-0.4, -0.2) is 34.1 Å². The fourth-order valence-corrected chi connectivity index (χ4v) is 3.32. The Morgan fingerprint density at radius 2 is 2.21 bits per heavy atom. The summed E-state index contributed by atoms with van der Waals surface area (Å²) in [5.41, 5.74) is 2.42. The number of likely N-dealkylation sites (tertiary alicyclic amines) is 1. The summed E-state index contributed by atoms with van der Waals surface area (Å²) in [5.74, 6) is 0.0989. The van der Waals surface area contributed by atoms with Crippen LogP contribution >= 0.6 is 0 Å². The highest BCUT2D eigenvalue weighted by molar-refractivity contribution is 5.93. The van der Waals surface area contributed by atoms with Gasteiger partial charge >= 0.3 is 0 Å². The molecule has 3 aromatic rings. The monoisotopic (exact) mass is 323 g/mol. The molecule has 4 rings (SSSR count). The maximum absolute atomic E-state index is 12.7. The normalized spacial score (nSPS) is 17.5. The first kappa shape index (κ1) is 14.7. The number of aromatic amines is 1. The lowest BCUT2D eigenvalue weighted by Crippen LogP contribution is -2.29. The molecule has 0 spiro atoms. The first-order chi connectivity index (χ1) is 11.6. The molecule has 0 aliphatic carbocycles. The summed E-state index contributed by atoms with van der Waals surface area (Å²) in [6.45, 7) is 3.24. The van der Waals surface area contributed by atoms with Crippen LogP contribution in [0.1, 0.15) is 34.2 Å². The van der Waals surface area contributed by atoms with Crippen LogP contribution in [0.2, 0.25) is 0 Å². The zero-order valence-corrected chi connectivity index (χ0v) is 13.3. The fourth-order valence-electron chi connectivity index (χ4n) is 3.32. The van der Waals surface area contributed by atoms with E-state index in [1.165, 1.54) is 6.07 Å². The van der Waals surface area contributed by atoms with Crippen molar-refractivity contribution in [1.82, 2.24) is 15.1 Å². The van der Waals surface area contributed by atoms with Crippen LogP contribution in [0.5, 0.6) is 0 Å². The van der Waals surface area contributed by atoms with Crippen LogP contribution in [-0.2, 0) is 0 Å². The Bertz CT molecular complexity index is 973. The topological polar surface area (TPSA) is 79.2 Å². The molecule has 122 valence electrons. The highest BCUT2D eigenvalue weighted by Crippen LogP contribution is 2.28. The Morgan fingerprint density at radius 3 is 3.00 bits per heavy atom. The minimum Gasteiger partial charge on any atom is -0.451 e. The third kappa shape index (κ3) is 2.40. The van der Waals surface area contributed by atoms with Gasteiger partial charge in [-0.05, 0) is 31.0 Å². The number of aryl methyl sites for hydroxylation is 1. The van der Waals surface area contributed by atoms with Crippen molar-refractivity contribution in [3.8, 4) is 0 Å². The van der Waals surface area contributed by atoms with Gasteiger partial charge < -0.3 is 9.32 Å². The van der Waals surface area contributed by atoms with Crippen molar-refractivity contribution in [2.24, 2.45) is 0 Å². The number of carbonyl (C=O) groups is 1. The third-order valence-corrected chi connectivity index (χ3v) is 4.60. The molecule has 0 unspecified atom stereocenters. The smallest absolute Gasteiger partial charge is 0.289 e. The SMILES string of the molecule is Cc1cn[nH]c1[C@@H]1CCN(C(=O)c2cc(=O)c3ccccc3o2)C1. The largest absolute Gasteiger partial charge is 0.451 e. The van der Waals surface area contributed by atoms with Crippen LogP contribution in [0.4, 0.5) is 0 Å². The van der Waals surface area contributed by atoms with E-state index in [4.69, 9.17) is 4.42 Å². The van der Waals surface area contributed by atoms with E-state index in [1.54, 1.807) is 35.4 Å². The Kier molecular flexibility index (Phi) is 3.45. The van der Waals surface area contributed by atoms with Gasteiger partial charge in [0.1, 0.15) is 5.58 Å². The van der Waals surface area contributed by atoms with Gasteiger partial charge in [0.2, 0.25) is 0 Å². The number of nitrogens with one attached hydrogen (secondary N) is 1. The zero-order chi connectivity index (χ0) is 16.7. The molecule has 1 amide bonds. The van der Waals surface area contributed by atoms with Crippen molar-refractivity contribution >= 4 is 16.9 Å². The predicted molar refractivity (Wildman–Crippen MR) is 89.1 cm³/mol. The Labute approximate surface area is 138 Å². The van der Waals surface area contributed by atoms with E-state index in [9.17, 15) is 9.59 Å². The van der Waals surface area contributed by atoms with E-state index < -0.39 is 0 Å². The quantitative estimate of drug-likeness (QED) is 0.785. The second-order valence-electron chi connectivity index (χ2n) is 6.17. The molecule has 2 aromatic heterocycles.